The molecular weight excluding hydrogens is 318 g/mol. The fraction of sp³-hybridized carbons (Fsp3) is 0.316. The van der Waals surface area contributed by atoms with Gasteiger partial charge in [0.25, 0.3) is 0 Å². The summed E-state index contributed by atoms with van der Waals surface area (Å²) in [5.74, 6) is 2.09. The Bertz CT molecular complexity index is 708. The van der Waals surface area contributed by atoms with Crippen molar-refractivity contribution < 1.29 is 14.2 Å². The number of allylic oxidation sites excluding steroid dienone is 1. The van der Waals surface area contributed by atoms with Crippen molar-refractivity contribution in [2.24, 2.45) is 4.99 Å². The van der Waals surface area contributed by atoms with Gasteiger partial charge < -0.3 is 24.4 Å². The lowest BCUT2D eigenvalue weighted by atomic mass is 10.1. The van der Waals surface area contributed by atoms with Crippen molar-refractivity contribution in [3.8, 4) is 11.5 Å². The average Bonchev–Trinajstić information content (AvgIpc) is 2.64. The number of aliphatic imine (C=N–C) groups is 1. The van der Waals surface area contributed by atoms with E-state index in [-0.39, 0.29) is 0 Å². The van der Waals surface area contributed by atoms with E-state index in [4.69, 9.17) is 14.2 Å². The monoisotopic (exact) mass is 343 g/mol. The highest BCUT2D eigenvalue weighted by Crippen LogP contribution is 2.33. The van der Waals surface area contributed by atoms with E-state index in [1.807, 2.05) is 42.3 Å². The molecule has 0 bridgehead atoms. The highest BCUT2D eigenvalue weighted by molar-refractivity contribution is 6.00. The molecule has 1 aliphatic rings. The number of benzene rings is 1. The zero-order valence-electron chi connectivity index (χ0n) is 15.2. The van der Waals surface area contributed by atoms with Crippen LogP contribution in [-0.2, 0) is 4.74 Å². The molecular formula is C19H25N3O3. The van der Waals surface area contributed by atoms with E-state index < -0.39 is 0 Å². The minimum absolute atomic E-state index is 0.599. The Morgan fingerprint density at radius 3 is 2.64 bits per heavy atom. The van der Waals surface area contributed by atoms with Gasteiger partial charge in [-0.25, -0.2) is 4.99 Å². The second-order valence-corrected chi connectivity index (χ2v) is 5.26. The van der Waals surface area contributed by atoms with Gasteiger partial charge in [0.15, 0.2) is 11.5 Å². The maximum absolute atomic E-state index is 5.41. The van der Waals surface area contributed by atoms with Crippen LogP contribution < -0.4 is 14.8 Å². The summed E-state index contributed by atoms with van der Waals surface area (Å²) in [4.78, 5) is 6.35. The van der Waals surface area contributed by atoms with Crippen LogP contribution >= 0.6 is 0 Å². The van der Waals surface area contributed by atoms with Crippen LogP contribution in [0.25, 0.3) is 5.70 Å². The molecule has 0 amide bonds. The molecule has 1 heterocycles. The van der Waals surface area contributed by atoms with Crippen molar-refractivity contribution in [1.82, 2.24) is 10.2 Å². The first kappa shape index (κ1) is 18.6. The van der Waals surface area contributed by atoms with E-state index in [1.165, 1.54) is 0 Å². The van der Waals surface area contributed by atoms with Gasteiger partial charge in [-0.3, -0.25) is 0 Å². The third-order valence-electron chi connectivity index (χ3n) is 3.79. The van der Waals surface area contributed by atoms with E-state index in [0.717, 1.165) is 22.8 Å². The fourth-order valence-corrected chi connectivity index (χ4v) is 2.54. The zero-order valence-corrected chi connectivity index (χ0v) is 15.2. The molecule has 1 aliphatic heterocycles. The van der Waals surface area contributed by atoms with Crippen LogP contribution in [0.5, 0.6) is 11.5 Å². The van der Waals surface area contributed by atoms with Crippen LogP contribution in [0.1, 0.15) is 12.5 Å². The smallest absolute Gasteiger partial charge is 0.161 e. The molecule has 0 aromatic heterocycles. The predicted molar refractivity (Wildman–Crippen MR) is 101 cm³/mol. The Hall–Kier alpha value is -2.73. The number of rotatable bonds is 7. The van der Waals surface area contributed by atoms with Gasteiger partial charge in [0, 0.05) is 37.3 Å². The Kier molecular flexibility index (Phi) is 6.65. The molecule has 6 nitrogen and oxygen atoms in total. The molecule has 134 valence electrons. The summed E-state index contributed by atoms with van der Waals surface area (Å²) in [6.07, 6.45) is 5.65. The number of amidine groups is 1. The van der Waals surface area contributed by atoms with E-state index in [2.05, 4.69) is 16.9 Å². The van der Waals surface area contributed by atoms with E-state index in [9.17, 15) is 0 Å². The Morgan fingerprint density at radius 2 is 2.00 bits per heavy atom. The molecule has 0 fully saturated rings. The molecule has 25 heavy (non-hydrogen) atoms. The molecule has 1 aromatic rings. The number of hydrogen-bond donors (Lipinski definition) is 1. The topological polar surface area (TPSA) is 55.3 Å². The standard InChI is InChI=1S/C19H25N3O3/c1-6-16(15-7-8-17(24-4)18(13-15)25-5)22-11-9-20-19(14(22)2)21-10-12-23-3/h6-9,11,13H,2,10,12H2,1,3-5H3,(H,20,21)/b16-6-. The first-order chi connectivity index (χ1) is 12.2. The summed E-state index contributed by atoms with van der Waals surface area (Å²) in [6.45, 7) is 7.42. The van der Waals surface area contributed by atoms with E-state index in [1.54, 1.807) is 27.5 Å². The number of ether oxygens (including phenoxy) is 3. The summed E-state index contributed by atoms with van der Waals surface area (Å²) in [6, 6.07) is 5.82. The van der Waals surface area contributed by atoms with Crippen LogP contribution in [0.15, 0.2) is 53.9 Å². The summed E-state index contributed by atoms with van der Waals surface area (Å²) >= 11 is 0. The van der Waals surface area contributed by atoms with Crippen LogP contribution in [0.3, 0.4) is 0 Å². The third-order valence-corrected chi connectivity index (χ3v) is 3.79. The van der Waals surface area contributed by atoms with Crippen molar-refractivity contribution in [2.75, 3.05) is 34.5 Å². The van der Waals surface area contributed by atoms with Gasteiger partial charge in [-0.05, 0) is 25.1 Å². The van der Waals surface area contributed by atoms with Gasteiger partial charge in [-0.2, -0.15) is 0 Å². The summed E-state index contributed by atoms with van der Waals surface area (Å²) in [5, 5.41) is 3.23. The lowest BCUT2D eigenvalue weighted by Crippen LogP contribution is -2.35. The number of nitrogens with zero attached hydrogens (tertiary/aromatic N) is 2. The van der Waals surface area contributed by atoms with Gasteiger partial charge in [0.2, 0.25) is 0 Å². The van der Waals surface area contributed by atoms with Gasteiger partial charge >= 0.3 is 0 Å². The maximum atomic E-state index is 5.41. The van der Waals surface area contributed by atoms with E-state index in [0.29, 0.717) is 24.7 Å². The first-order valence-corrected chi connectivity index (χ1v) is 8.00. The second-order valence-electron chi connectivity index (χ2n) is 5.26. The summed E-state index contributed by atoms with van der Waals surface area (Å²) < 4.78 is 15.8. The van der Waals surface area contributed by atoms with E-state index >= 15 is 0 Å². The lowest BCUT2D eigenvalue weighted by Gasteiger charge is -2.29. The SMILES string of the molecule is C=C1C(NCCOC)=NC=CN1/C(=C\C)c1ccc(OC)c(OC)c1. The van der Waals surface area contributed by atoms with Crippen molar-refractivity contribution in [3.63, 3.8) is 0 Å². The van der Waals surface area contributed by atoms with Gasteiger partial charge in [-0.1, -0.05) is 12.7 Å². The van der Waals surface area contributed by atoms with Crippen LogP contribution in [-0.4, -0.2) is 45.2 Å². The van der Waals surface area contributed by atoms with Gasteiger partial charge in [0.05, 0.1) is 26.5 Å². The quantitative estimate of drug-likeness (QED) is 0.772. The molecule has 0 radical (unpaired) electrons. The van der Waals surface area contributed by atoms with Crippen molar-refractivity contribution in [3.05, 3.63) is 54.5 Å². The molecule has 0 atom stereocenters. The Balaban J connectivity index is 2.25. The number of methoxy groups -OCH3 is 3. The minimum Gasteiger partial charge on any atom is -0.493 e. The number of nitrogens with one attached hydrogen (secondary N) is 1. The highest BCUT2D eigenvalue weighted by atomic mass is 16.5. The van der Waals surface area contributed by atoms with Crippen LogP contribution in [0.2, 0.25) is 0 Å². The fourth-order valence-electron chi connectivity index (χ4n) is 2.54. The number of hydrogen-bond acceptors (Lipinski definition) is 6. The lowest BCUT2D eigenvalue weighted by molar-refractivity contribution is 0.204. The Morgan fingerprint density at radius 1 is 1.24 bits per heavy atom. The summed E-state index contributed by atoms with van der Waals surface area (Å²) in [5.41, 5.74) is 2.73. The molecule has 1 N–H and O–H groups in total. The Labute approximate surface area is 149 Å². The normalized spacial score (nSPS) is 14.4. The molecule has 2 rings (SSSR count). The second kappa shape index (κ2) is 8.94. The molecule has 0 spiro atoms. The van der Waals surface area contributed by atoms with Crippen LogP contribution in [0, 0.1) is 0 Å². The van der Waals surface area contributed by atoms with Crippen LogP contribution in [0.4, 0.5) is 0 Å². The van der Waals surface area contributed by atoms with Crippen molar-refractivity contribution >= 4 is 11.5 Å². The molecule has 0 saturated carbocycles. The van der Waals surface area contributed by atoms with Gasteiger partial charge in [0.1, 0.15) is 5.84 Å². The molecule has 0 unspecified atom stereocenters. The largest absolute Gasteiger partial charge is 0.493 e. The summed E-state index contributed by atoms with van der Waals surface area (Å²) in [7, 11) is 4.92. The maximum Gasteiger partial charge on any atom is 0.161 e. The molecule has 6 heteroatoms. The molecule has 1 aromatic carbocycles. The zero-order chi connectivity index (χ0) is 18.2. The molecule has 0 saturated heterocycles. The predicted octanol–water partition coefficient (Wildman–Crippen LogP) is 3.00. The minimum atomic E-state index is 0.599. The average molecular weight is 343 g/mol. The molecule has 0 aliphatic carbocycles. The van der Waals surface area contributed by atoms with Gasteiger partial charge in [-0.15, -0.1) is 0 Å². The third kappa shape index (κ3) is 4.22. The van der Waals surface area contributed by atoms with Crippen molar-refractivity contribution in [2.45, 2.75) is 6.92 Å². The highest BCUT2D eigenvalue weighted by Gasteiger charge is 2.19. The first-order valence-electron chi connectivity index (χ1n) is 8.00. The van der Waals surface area contributed by atoms with Crippen molar-refractivity contribution in [1.29, 1.82) is 0 Å².